The summed E-state index contributed by atoms with van der Waals surface area (Å²) in [6.07, 6.45) is 0.820. The summed E-state index contributed by atoms with van der Waals surface area (Å²) < 4.78 is 17.4. The molecule has 1 amide bonds. The minimum absolute atomic E-state index is 0.0462. The van der Waals surface area contributed by atoms with Crippen LogP contribution in [0.2, 0.25) is 0 Å². The fraction of sp³-hybridized carbons (Fsp3) is 0.385. The maximum atomic E-state index is 12.0. The number of hydrogen-bond donors (Lipinski definition) is 2. The van der Waals surface area contributed by atoms with Gasteiger partial charge in [-0.1, -0.05) is 6.92 Å². The summed E-state index contributed by atoms with van der Waals surface area (Å²) in [6, 6.07) is 5.05. The minimum atomic E-state index is -1.60. The number of amides is 1. The number of anilines is 1. The van der Waals surface area contributed by atoms with Gasteiger partial charge in [0.25, 0.3) is 5.22 Å². The maximum absolute atomic E-state index is 12.0. The Labute approximate surface area is 119 Å². The molecule has 2 rings (SSSR count). The topological polar surface area (TPSA) is 98.2 Å². The number of nitrogens with zero attached hydrogens (tertiary/aromatic N) is 1. The van der Waals surface area contributed by atoms with Gasteiger partial charge < -0.3 is 15.5 Å². The van der Waals surface area contributed by atoms with Gasteiger partial charge in [-0.05, 0) is 25.5 Å². The number of hydrogen-bond acceptors (Lipinski definition) is 5. The van der Waals surface area contributed by atoms with Crippen LogP contribution in [-0.4, -0.2) is 26.9 Å². The number of carbonyl (C=O) groups excluding carboxylic acids is 1. The monoisotopic (exact) mass is 295 g/mol. The highest BCUT2D eigenvalue weighted by atomic mass is 32.2. The Balaban J connectivity index is 2.09. The summed E-state index contributed by atoms with van der Waals surface area (Å²) >= 11 is 0. The van der Waals surface area contributed by atoms with Crippen LogP contribution < -0.4 is 11.1 Å². The van der Waals surface area contributed by atoms with E-state index >= 15 is 0 Å². The zero-order chi connectivity index (χ0) is 14.7. The third-order valence-electron chi connectivity index (χ3n) is 2.87. The van der Waals surface area contributed by atoms with Crippen LogP contribution in [0.25, 0.3) is 11.1 Å². The Morgan fingerprint density at radius 2 is 2.30 bits per heavy atom. The summed E-state index contributed by atoms with van der Waals surface area (Å²) in [5.41, 5.74) is 7.22. The van der Waals surface area contributed by atoms with Crippen LogP contribution in [0.1, 0.15) is 20.3 Å². The Kier molecular flexibility index (Phi) is 4.39. The lowest BCUT2D eigenvalue weighted by atomic mass is 10.3. The molecule has 2 unspecified atom stereocenters. The normalized spacial score (nSPS) is 14.1. The number of nitrogens with two attached hydrogens (primary N) is 1. The Morgan fingerprint density at radius 1 is 1.55 bits per heavy atom. The Bertz CT molecular complexity index is 653. The second-order valence-corrected chi connectivity index (χ2v) is 5.90. The first-order chi connectivity index (χ1) is 9.49. The summed E-state index contributed by atoms with van der Waals surface area (Å²) in [7, 11) is -1.60. The minimum Gasteiger partial charge on any atom is -0.430 e. The van der Waals surface area contributed by atoms with Gasteiger partial charge >= 0.3 is 0 Å². The third-order valence-corrected chi connectivity index (χ3v) is 3.96. The highest BCUT2D eigenvalue weighted by Gasteiger charge is 2.17. The van der Waals surface area contributed by atoms with E-state index in [1.54, 1.807) is 18.2 Å². The van der Waals surface area contributed by atoms with Gasteiger partial charge in [0.2, 0.25) is 5.91 Å². The molecule has 0 aliphatic rings. The summed E-state index contributed by atoms with van der Waals surface area (Å²) in [6.45, 7) is 3.86. The SMILES string of the molecule is CCC(C)NC(=O)CS(=O)c1nc2ccc(N)cc2o1. The molecule has 0 radical (unpaired) electrons. The average Bonchev–Trinajstić information content (AvgIpc) is 2.81. The number of aromatic nitrogens is 1. The summed E-state index contributed by atoms with van der Waals surface area (Å²) in [4.78, 5) is 15.8. The summed E-state index contributed by atoms with van der Waals surface area (Å²) in [5, 5.41) is 2.80. The standard InChI is InChI=1S/C13H17N3O3S/c1-3-8(2)15-12(17)7-20(18)13-16-10-5-4-9(14)6-11(10)19-13/h4-6,8H,3,7,14H2,1-2H3,(H,15,17). The number of nitrogens with one attached hydrogen (secondary N) is 1. The zero-order valence-corrected chi connectivity index (χ0v) is 12.2. The summed E-state index contributed by atoms with van der Waals surface area (Å²) in [5.74, 6) is -0.438. The average molecular weight is 295 g/mol. The number of rotatable bonds is 5. The Morgan fingerprint density at radius 3 is 3.00 bits per heavy atom. The molecular formula is C13H17N3O3S. The fourth-order valence-electron chi connectivity index (χ4n) is 1.62. The molecule has 0 saturated carbocycles. The first-order valence-electron chi connectivity index (χ1n) is 6.33. The molecule has 0 bridgehead atoms. The van der Waals surface area contributed by atoms with Crippen molar-refractivity contribution < 1.29 is 13.4 Å². The second kappa shape index (κ2) is 6.04. The van der Waals surface area contributed by atoms with Gasteiger partial charge in [-0.3, -0.25) is 4.79 Å². The van der Waals surface area contributed by atoms with Crippen molar-refractivity contribution in [2.75, 3.05) is 11.5 Å². The molecule has 20 heavy (non-hydrogen) atoms. The molecule has 1 aromatic heterocycles. The molecule has 0 saturated heterocycles. The predicted octanol–water partition coefficient (Wildman–Crippen LogP) is 1.43. The molecule has 2 atom stereocenters. The van der Waals surface area contributed by atoms with Crippen LogP contribution in [0.5, 0.6) is 0 Å². The van der Waals surface area contributed by atoms with E-state index in [-0.39, 0.29) is 22.9 Å². The van der Waals surface area contributed by atoms with Crippen LogP contribution in [0.4, 0.5) is 5.69 Å². The number of nitrogen functional groups attached to an aromatic ring is 1. The van der Waals surface area contributed by atoms with Gasteiger partial charge in [0.1, 0.15) is 22.1 Å². The van der Waals surface area contributed by atoms with Crippen LogP contribution in [0.15, 0.2) is 27.8 Å². The first-order valence-corrected chi connectivity index (χ1v) is 7.65. The van der Waals surface area contributed by atoms with Gasteiger partial charge in [-0.25, -0.2) is 9.19 Å². The molecule has 7 heteroatoms. The molecule has 1 aromatic carbocycles. The second-order valence-electron chi connectivity index (χ2n) is 4.57. The lowest BCUT2D eigenvalue weighted by molar-refractivity contribution is -0.119. The van der Waals surface area contributed by atoms with Crippen molar-refractivity contribution in [3.63, 3.8) is 0 Å². The van der Waals surface area contributed by atoms with Crippen molar-refractivity contribution >= 4 is 33.5 Å². The van der Waals surface area contributed by atoms with Crippen LogP contribution >= 0.6 is 0 Å². The van der Waals surface area contributed by atoms with Crippen LogP contribution in [0.3, 0.4) is 0 Å². The van der Waals surface area contributed by atoms with Crippen molar-refractivity contribution in [3.8, 4) is 0 Å². The molecule has 6 nitrogen and oxygen atoms in total. The fourth-order valence-corrected chi connectivity index (χ4v) is 2.44. The van der Waals surface area contributed by atoms with E-state index in [4.69, 9.17) is 10.2 Å². The van der Waals surface area contributed by atoms with E-state index in [0.29, 0.717) is 16.8 Å². The quantitative estimate of drug-likeness (QED) is 0.813. The number of fused-ring (bicyclic) bond motifs is 1. The van der Waals surface area contributed by atoms with Gasteiger partial charge in [0.15, 0.2) is 5.58 Å². The molecule has 2 aromatic rings. The molecule has 3 N–H and O–H groups in total. The predicted molar refractivity (Wildman–Crippen MR) is 77.6 cm³/mol. The van der Waals surface area contributed by atoms with Gasteiger partial charge in [-0.2, -0.15) is 0 Å². The van der Waals surface area contributed by atoms with E-state index < -0.39 is 10.8 Å². The number of carbonyl (C=O) groups is 1. The van der Waals surface area contributed by atoms with Crippen LogP contribution in [0, 0.1) is 0 Å². The lowest BCUT2D eigenvalue weighted by Gasteiger charge is -2.09. The third kappa shape index (κ3) is 3.36. The van der Waals surface area contributed by atoms with Gasteiger partial charge in [0, 0.05) is 17.8 Å². The van der Waals surface area contributed by atoms with E-state index in [9.17, 15) is 9.00 Å². The van der Waals surface area contributed by atoms with Crippen molar-refractivity contribution in [2.45, 2.75) is 31.5 Å². The lowest BCUT2D eigenvalue weighted by Crippen LogP contribution is -2.35. The number of oxazole rings is 1. The molecule has 0 aliphatic carbocycles. The van der Waals surface area contributed by atoms with Crippen molar-refractivity contribution in [2.24, 2.45) is 0 Å². The van der Waals surface area contributed by atoms with E-state index in [1.807, 2.05) is 13.8 Å². The van der Waals surface area contributed by atoms with Crippen molar-refractivity contribution in [1.29, 1.82) is 0 Å². The van der Waals surface area contributed by atoms with Gasteiger partial charge in [-0.15, -0.1) is 0 Å². The van der Waals surface area contributed by atoms with Crippen molar-refractivity contribution in [1.82, 2.24) is 10.3 Å². The first kappa shape index (κ1) is 14.5. The molecular weight excluding hydrogens is 278 g/mol. The molecule has 0 aliphatic heterocycles. The smallest absolute Gasteiger partial charge is 0.288 e. The van der Waals surface area contributed by atoms with E-state index in [0.717, 1.165) is 6.42 Å². The molecule has 108 valence electrons. The molecule has 1 heterocycles. The highest BCUT2D eigenvalue weighted by Crippen LogP contribution is 2.20. The molecule has 0 spiro atoms. The Hall–Kier alpha value is -1.89. The van der Waals surface area contributed by atoms with E-state index in [2.05, 4.69) is 10.3 Å². The van der Waals surface area contributed by atoms with E-state index in [1.165, 1.54) is 0 Å². The zero-order valence-electron chi connectivity index (χ0n) is 11.4. The van der Waals surface area contributed by atoms with Crippen molar-refractivity contribution in [3.05, 3.63) is 18.2 Å². The van der Waals surface area contributed by atoms with Gasteiger partial charge in [0.05, 0.1) is 0 Å². The largest absolute Gasteiger partial charge is 0.430 e. The molecule has 0 fully saturated rings. The number of benzene rings is 1. The highest BCUT2D eigenvalue weighted by molar-refractivity contribution is 7.85. The van der Waals surface area contributed by atoms with Crippen LogP contribution in [-0.2, 0) is 15.6 Å². The maximum Gasteiger partial charge on any atom is 0.288 e.